The van der Waals surface area contributed by atoms with E-state index >= 15 is 0 Å². The molecule has 2 amide bonds. The number of fused-ring (bicyclic) bond motifs is 1. The van der Waals surface area contributed by atoms with E-state index in [1.165, 1.54) is 0 Å². The molecule has 0 saturated carbocycles. The van der Waals surface area contributed by atoms with Gasteiger partial charge in [0.25, 0.3) is 5.91 Å². The summed E-state index contributed by atoms with van der Waals surface area (Å²) in [4.78, 5) is 42.8. The average molecular weight is 638 g/mol. The summed E-state index contributed by atoms with van der Waals surface area (Å²) < 4.78 is 13.4. The Bertz CT molecular complexity index is 1770. The highest BCUT2D eigenvalue weighted by atomic mass is 16.6. The lowest BCUT2D eigenvalue weighted by Crippen LogP contribution is -2.40. The predicted molar refractivity (Wildman–Crippen MR) is 182 cm³/mol. The van der Waals surface area contributed by atoms with E-state index in [1.807, 2.05) is 107 Å². The van der Waals surface area contributed by atoms with Crippen molar-refractivity contribution in [3.05, 3.63) is 106 Å². The van der Waals surface area contributed by atoms with Crippen molar-refractivity contribution in [2.24, 2.45) is 7.05 Å². The van der Waals surface area contributed by atoms with Crippen LogP contribution in [0.2, 0.25) is 0 Å². The molecule has 2 heterocycles. The van der Waals surface area contributed by atoms with Crippen LogP contribution >= 0.6 is 0 Å². The van der Waals surface area contributed by atoms with E-state index in [0.717, 1.165) is 34.5 Å². The Kier molecular flexibility index (Phi) is 9.75. The first-order valence-electron chi connectivity index (χ1n) is 16.0. The average Bonchev–Trinajstić information content (AvgIpc) is 3.34. The van der Waals surface area contributed by atoms with Gasteiger partial charge in [-0.25, -0.2) is 9.59 Å². The molecule has 0 saturated heterocycles. The van der Waals surface area contributed by atoms with Gasteiger partial charge in [0.05, 0.1) is 11.1 Å². The third-order valence-electron chi connectivity index (χ3n) is 8.36. The molecular formula is C38H43N3O6. The van der Waals surface area contributed by atoms with Crippen LogP contribution in [0.3, 0.4) is 0 Å². The lowest BCUT2D eigenvalue weighted by Gasteiger charge is -2.31. The van der Waals surface area contributed by atoms with Crippen molar-refractivity contribution < 1.29 is 29.0 Å². The molecule has 4 aromatic rings. The number of ether oxygens (including phenoxy) is 2. The quantitative estimate of drug-likeness (QED) is 0.203. The lowest BCUT2D eigenvalue weighted by molar-refractivity contribution is 0.0224. The van der Waals surface area contributed by atoms with Crippen molar-refractivity contribution in [1.82, 2.24) is 9.47 Å². The Morgan fingerprint density at radius 1 is 0.936 bits per heavy atom. The van der Waals surface area contributed by atoms with E-state index in [4.69, 9.17) is 9.47 Å². The zero-order valence-electron chi connectivity index (χ0n) is 28.0. The van der Waals surface area contributed by atoms with Gasteiger partial charge >= 0.3 is 12.1 Å². The molecule has 1 aromatic heterocycles. The molecule has 1 N–H and O–H groups in total. The molecule has 0 fully saturated rings. The maximum Gasteiger partial charge on any atom is 0.410 e. The third kappa shape index (κ3) is 7.51. The number of carbonyl (C=O) groups is 3. The van der Waals surface area contributed by atoms with Crippen LogP contribution in [0.25, 0.3) is 11.3 Å². The summed E-state index contributed by atoms with van der Waals surface area (Å²) in [5.74, 6) is -0.527. The Hall–Kier alpha value is -5.05. The lowest BCUT2D eigenvalue weighted by atomic mass is 9.92. The minimum Gasteiger partial charge on any atom is -0.489 e. The topological polar surface area (TPSA) is 101 Å². The molecule has 246 valence electrons. The van der Waals surface area contributed by atoms with Gasteiger partial charge < -0.3 is 28.9 Å². The number of hydrogen-bond acceptors (Lipinski definition) is 5. The molecule has 9 heteroatoms. The summed E-state index contributed by atoms with van der Waals surface area (Å²) >= 11 is 0. The van der Waals surface area contributed by atoms with E-state index in [1.54, 1.807) is 21.9 Å². The number of benzene rings is 3. The normalized spacial score (nSPS) is 12.8. The highest BCUT2D eigenvalue weighted by molar-refractivity contribution is 6.08. The molecule has 0 spiro atoms. The summed E-state index contributed by atoms with van der Waals surface area (Å²) in [6, 6.07) is 22.8. The van der Waals surface area contributed by atoms with Crippen molar-refractivity contribution in [1.29, 1.82) is 0 Å². The minimum absolute atomic E-state index is 0.117. The maximum absolute atomic E-state index is 14.1. The maximum atomic E-state index is 14.1. The fourth-order valence-corrected chi connectivity index (χ4v) is 5.83. The van der Waals surface area contributed by atoms with E-state index in [-0.39, 0.29) is 18.0 Å². The number of carboxylic acid groups (broad SMARTS) is 1. The Balaban J connectivity index is 1.41. The zero-order chi connectivity index (χ0) is 33.9. The van der Waals surface area contributed by atoms with Crippen molar-refractivity contribution in [2.45, 2.75) is 66.2 Å². The van der Waals surface area contributed by atoms with Gasteiger partial charge in [0, 0.05) is 49.3 Å². The number of amides is 2. The number of carbonyl (C=O) groups excluding carboxylic acids is 2. The van der Waals surface area contributed by atoms with E-state index in [0.29, 0.717) is 48.7 Å². The molecule has 0 radical (unpaired) electrons. The summed E-state index contributed by atoms with van der Waals surface area (Å²) in [5, 5.41) is 10.3. The highest BCUT2D eigenvalue weighted by Crippen LogP contribution is 2.34. The van der Waals surface area contributed by atoms with E-state index in [2.05, 4.69) is 0 Å². The fourth-order valence-electron chi connectivity index (χ4n) is 5.83. The third-order valence-corrected chi connectivity index (χ3v) is 8.36. The van der Waals surface area contributed by atoms with E-state index < -0.39 is 17.7 Å². The molecule has 1 aliphatic heterocycles. The smallest absolute Gasteiger partial charge is 0.410 e. The van der Waals surface area contributed by atoms with Crippen molar-refractivity contribution in [3.63, 3.8) is 0 Å². The van der Waals surface area contributed by atoms with Crippen LogP contribution in [0.15, 0.2) is 72.8 Å². The van der Waals surface area contributed by atoms with Gasteiger partial charge in [0.15, 0.2) is 0 Å². The van der Waals surface area contributed by atoms with Crippen LogP contribution in [0.4, 0.5) is 10.5 Å². The standard InChI is InChI=1S/C38H43N3O6/c1-7-18-41(29-13-15-30(16-14-29)46-24-26-11-9-8-10-12-26)35(42)31-22-34(39(6)25(31)2)32-20-27-17-19-40(37(45)47-38(3,4)5)23-28(27)21-33(32)36(43)44/h8-16,20-22H,7,17-19,23-24H2,1-6H3,(H,43,44). The Morgan fingerprint density at radius 3 is 2.28 bits per heavy atom. The summed E-state index contributed by atoms with van der Waals surface area (Å²) in [5.41, 5.74) is 5.48. The van der Waals surface area contributed by atoms with Gasteiger partial charge in [-0.2, -0.15) is 0 Å². The first-order valence-corrected chi connectivity index (χ1v) is 16.0. The number of anilines is 1. The minimum atomic E-state index is -1.08. The molecular weight excluding hydrogens is 594 g/mol. The molecule has 9 nitrogen and oxygen atoms in total. The monoisotopic (exact) mass is 637 g/mol. The molecule has 0 bridgehead atoms. The Morgan fingerprint density at radius 2 is 1.64 bits per heavy atom. The largest absolute Gasteiger partial charge is 0.489 e. The van der Waals surface area contributed by atoms with Crippen molar-refractivity contribution >= 4 is 23.7 Å². The summed E-state index contributed by atoms with van der Waals surface area (Å²) in [6.45, 7) is 11.0. The number of carboxylic acids is 1. The summed E-state index contributed by atoms with van der Waals surface area (Å²) in [6.07, 6.45) is 0.896. The molecule has 5 rings (SSSR count). The van der Waals surface area contributed by atoms with Crippen LogP contribution in [-0.2, 0) is 31.4 Å². The van der Waals surface area contributed by atoms with Gasteiger partial charge in [-0.1, -0.05) is 37.3 Å². The number of aromatic nitrogens is 1. The molecule has 0 atom stereocenters. The van der Waals surface area contributed by atoms with Crippen LogP contribution in [0, 0.1) is 6.92 Å². The second kappa shape index (κ2) is 13.7. The second-order valence-corrected chi connectivity index (χ2v) is 12.9. The van der Waals surface area contributed by atoms with Crippen LogP contribution in [-0.4, -0.2) is 51.2 Å². The van der Waals surface area contributed by atoms with Gasteiger partial charge in [-0.05, 0) is 99.7 Å². The first kappa shape index (κ1) is 33.3. The van der Waals surface area contributed by atoms with Crippen molar-refractivity contribution in [3.8, 4) is 17.0 Å². The second-order valence-electron chi connectivity index (χ2n) is 12.9. The predicted octanol–water partition coefficient (Wildman–Crippen LogP) is 7.63. The van der Waals surface area contributed by atoms with Gasteiger partial charge in [-0.15, -0.1) is 0 Å². The van der Waals surface area contributed by atoms with Crippen LogP contribution < -0.4 is 9.64 Å². The Labute approximate surface area is 276 Å². The van der Waals surface area contributed by atoms with Crippen LogP contribution in [0.1, 0.15) is 77.2 Å². The zero-order valence-corrected chi connectivity index (χ0v) is 28.0. The van der Waals surface area contributed by atoms with Crippen LogP contribution in [0.5, 0.6) is 5.75 Å². The van der Waals surface area contributed by atoms with Gasteiger partial charge in [0.2, 0.25) is 0 Å². The fraction of sp³-hybridized carbons (Fsp3) is 0.342. The number of aromatic carboxylic acids is 1. The molecule has 0 aliphatic carbocycles. The summed E-state index contributed by atoms with van der Waals surface area (Å²) in [7, 11) is 1.85. The number of rotatable bonds is 9. The first-order chi connectivity index (χ1) is 22.4. The van der Waals surface area contributed by atoms with Gasteiger partial charge in [0.1, 0.15) is 18.0 Å². The molecule has 3 aromatic carbocycles. The van der Waals surface area contributed by atoms with Gasteiger partial charge in [-0.3, -0.25) is 4.79 Å². The SMILES string of the molecule is CCCN(C(=O)c1cc(-c2cc3c(cc2C(=O)O)CN(C(=O)OC(C)(C)C)CC3)n(C)c1C)c1ccc(OCc2ccccc2)cc1. The number of hydrogen-bond donors (Lipinski definition) is 1. The molecule has 0 unspecified atom stereocenters. The van der Waals surface area contributed by atoms with Crippen molar-refractivity contribution in [2.75, 3.05) is 18.0 Å². The number of nitrogens with zero attached hydrogens (tertiary/aromatic N) is 3. The molecule has 1 aliphatic rings. The van der Waals surface area contributed by atoms with E-state index in [9.17, 15) is 19.5 Å². The molecule has 47 heavy (non-hydrogen) atoms. The highest BCUT2D eigenvalue weighted by Gasteiger charge is 2.29.